The molecule has 0 aromatic heterocycles. The summed E-state index contributed by atoms with van der Waals surface area (Å²) in [7, 11) is 1.83. The zero-order valence-corrected chi connectivity index (χ0v) is 13.3. The fraction of sp³-hybridized carbons (Fsp3) is 0.588. The first-order valence-electron chi connectivity index (χ1n) is 7.64. The molecule has 2 rings (SSSR count). The van der Waals surface area contributed by atoms with Crippen LogP contribution in [0.1, 0.15) is 31.7 Å². The van der Waals surface area contributed by atoms with E-state index >= 15 is 0 Å². The number of carbonyl (C=O) groups is 1. The molecule has 4 heteroatoms. The van der Waals surface area contributed by atoms with Crippen molar-refractivity contribution in [2.75, 3.05) is 20.2 Å². The van der Waals surface area contributed by atoms with Crippen LogP contribution in [0.4, 0.5) is 0 Å². The Kier molecular flexibility index (Phi) is 4.88. The van der Waals surface area contributed by atoms with Gasteiger partial charge >= 0.3 is 0 Å². The molecule has 1 fully saturated rings. The standard InChI is InChI=1S/C17H26N2O2/c1-13-6-8-14(9-7-13)21-12-11-19(3)16(20)17(2)10-4-5-15(17)18/h6-9,15H,4-5,10-12,18H2,1-3H3. The van der Waals surface area contributed by atoms with E-state index in [1.165, 1.54) is 5.56 Å². The fourth-order valence-electron chi connectivity index (χ4n) is 2.93. The Labute approximate surface area is 127 Å². The number of ether oxygens (including phenoxy) is 1. The van der Waals surface area contributed by atoms with Crippen LogP contribution in [0.25, 0.3) is 0 Å². The van der Waals surface area contributed by atoms with E-state index in [4.69, 9.17) is 10.5 Å². The highest BCUT2D eigenvalue weighted by atomic mass is 16.5. The van der Waals surface area contributed by atoms with Crippen LogP contribution in [0.2, 0.25) is 0 Å². The van der Waals surface area contributed by atoms with Gasteiger partial charge in [0.1, 0.15) is 12.4 Å². The van der Waals surface area contributed by atoms with E-state index in [1.54, 1.807) is 4.90 Å². The van der Waals surface area contributed by atoms with Crippen LogP contribution in [-0.4, -0.2) is 37.0 Å². The fourth-order valence-corrected chi connectivity index (χ4v) is 2.93. The first-order valence-corrected chi connectivity index (χ1v) is 7.64. The number of rotatable bonds is 5. The summed E-state index contributed by atoms with van der Waals surface area (Å²) >= 11 is 0. The van der Waals surface area contributed by atoms with Crippen molar-refractivity contribution in [3.63, 3.8) is 0 Å². The highest BCUT2D eigenvalue weighted by molar-refractivity contribution is 5.83. The van der Waals surface area contributed by atoms with Crippen molar-refractivity contribution in [3.05, 3.63) is 29.8 Å². The number of nitrogens with two attached hydrogens (primary N) is 1. The normalized spacial score (nSPS) is 24.9. The maximum absolute atomic E-state index is 12.6. The van der Waals surface area contributed by atoms with Gasteiger partial charge in [0, 0.05) is 13.1 Å². The largest absolute Gasteiger partial charge is 0.492 e. The van der Waals surface area contributed by atoms with Crippen molar-refractivity contribution in [2.24, 2.45) is 11.1 Å². The van der Waals surface area contributed by atoms with Crippen molar-refractivity contribution in [1.29, 1.82) is 0 Å². The Hall–Kier alpha value is -1.55. The van der Waals surface area contributed by atoms with Gasteiger partial charge in [0.05, 0.1) is 12.0 Å². The second kappa shape index (κ2) is 6.48. The molecule has 1 saturated carbocycles. The second-order valence-corrected chi connectivity index (χ2v) is 6.30. The Balaban J connectivity index is 1.83. The summed E-state index contributed by atoms with van der Waals surface area (Å²) in [6, 6.07) is 7.91. The van der Waals surface area contributed by atoms with Gasteiger partial charge in [-0.05, 0) is 38.8 Å². The summed E-state index contributed by atoms with van der Waals surface area (Å²) in [5.41, 5.74) is 6.91. The molecule has 21 heavy (non-hydrogen) atoms. The number of amides is 1. The summed E-state index contributed by atoms with van der Waals surface area (Å²) in [5.74, 6) is 0.977. The van der Waals surface area contributed by atoms with Gasteiger partial charge in [0.15, 0.2) is 0 Å². The highest BCUT2D eigenvalue weighted by Gasteiger charge is 2.44. The first-order chi connectivity index (χ1) is 9.93. The van der Waals surface area contributed by atoms with Gasteiger partial charge in [-0.2, -0.15) is 0 Å². The van der Waals surface area contributed by atoms with E-state index in [1.807, 2.05) is 45.2 Å². The molecule has 2 unspecified atom stereocenters. The molecule has 2 atom stereocenters. The Morgan fingerprint density at radius 2 is 2.10 bits per heavy atom. The molecule has 1 aromatic rings. The number of hydrogen-bond acceptors (Lipinski definition) is 3. The molecular weight excluding hydrogens is 264 g/mol. The summed E-state index contributed by atoms with van der Waals surface area (Å²) in [4.78, 5) is 14.3. The predicted molar refractivity (Wildman–Crippen MR) is 84.2 cm³/mol. The molecule has 1 aliphatic carbocycles. The quantitative estimate of drug-likeness (QED) is 0.905. The Morgan fingerprint density at radius 3 is 2.67 bits per heavy atom. The van der Waals surface area contributed by atoms with Crippen LogP contribution >= 0.6 is 0 Å². The molecule has 1 amide bonds. The molecule has 2 N–H and O–H groups in total. The molecule has 0 radical (unpaired) electrons. The lowest BCUT2D eigenvalue weighted by atomic mass is 9.83. The molecule has 1 aromatic carbocycles. The molecule has 1 aliphatic rings. The molecule has 0 saturated heterocycles. The lowest BCUT2D eigenvalue weighted by Gasteiger charge is -2.32. The van der Waals surface area contributed by atoms with Gasteiger partial charge < -0.3 is 15.4 Å². The van der Waals surface area contributed by atoms with Crippen LogP contribution in [0.15, 0.2) is 24.3 Å². The van der Waals surface area contributed by atoms with Gasteiger partial charge in [-0.1, -0.05) is 24.1 Å². The predicted octanol–water partition coefficient (Wildman–Crippen LogP) is 2.35. The summed E-state index contributed by atoms with van der Waals surface area (Å²) in [6.07, 6.45) is 2.86. The summed E-state index contributed by atoms with van der Waals surface area (Å²) in [6.45, 7) is 5.11. The highest BCUT2D eigenvalue weighted by Crippen LogP contribution is 2.38. The Morgan fingerprint density at radius 1 is 1.43 bits per heavy atom. The van der Waals surface area contributed by atoms with Gasteiger partial charge in [0.25, 0.3) is 0 Å². The van der Waals surface area contributed by atoms with Crippen LogP contribution in [0.5, 0.6) is 5.75 Å². The SMILES string of the molecule is Cc1ccc(OCCN(C)C(=O)C2(C)CCCC2N)cc1. The van der Waals surface area contributed by atoms with Gasteiger partial charge in [-0.3, -0.25) is 4.79 Å². The molecular formula is C17H26N2O2. The summed E-state index contributed by atoms with van der Waals surface area (Å²) in [5, 5.41) is 0. The maximum atomic E-state index is 12.6. The number of carbonyl (C=O) groups excluding carboxylic acids is 1. The molecule has 116 valence electrons. The number of likely N-dealkylation sites (N-methyl/N-ethyl adjacent to an activating group) is 1. The lowest BCUT2D eigenvalue weighted by Crippen LogP contribution is -2.48. The van der Waals surface area contributed by atoms with Gasteiger partial charge in [-0.15, -0.1) is 0 Å². The molecule has 4 nitrogen and oxygen atoms in total. The third-order valence-corrected chi connectivity index (χ3v) is 4.58. The van der Waals surface area contributed by atoms with Crippen LogP contribution in [-0.2, 0) is 4.79 Å². The molecule has 0 spiro atoms. The van der Waals surface area contributed by atoms with Crippen molar-refractivity contribution in [1.82, 2.24) is 4.90 Å². The molecule has 0 heterocycles. The number of benzene rings is 1. The van der Waals surface area contributed by atoms with Gasteiger partial charge in [0.2, 0.25) is 5.91 Å². The topological polar surface area (TPSA) is 55.6 Å². The van der Waals surface area contributed by atoms with Crippen molar-refractivity contribution >= 4 is 5.91 Å². The molecule has 0 bridgehead atoms. The zero-order chi connectivity index (χ0) is 15.5. The minimum Gasteiger partial charge on any atom is -0.492 e. The van der Waals surface area contributed by atoms with E-state index in [0.717, 1.165) is 25.0 Å². The van der Waals surface area contributed by atoms with Crippen LogP contribution in [0.3, 0.4) is 0 Å². The Bertz CT molecular complexity index is 486. The minimum absolute atomic E-state index is 0.0227. The van der Waals surface area contributed by atoms with Crippen molar-refractivity contribution in [3.8, 4) is 5.75 Å². The zero-order valence-electron chi connectivity index (χ0n) is 13.3. The average Bonchev–Trinajstić information content (AvgIpc) is 2.81. The van der Waals surface area contributed by atoms with E-state index < -0.39 is 5.41 Å². The average molecular weight is 290 g/mol. The van der Waals surface area contributed by atoms with E-state index in [-0.39, 0.29) is 11.9 Å². The van der Waals surface area contributed by atoms with Gasteiger partial charge in [-0.25, -0.2) is 0 Å². The monoisotopic (exact) mass is 290 g/mol. The number of aryl methyl sites for hydroxylation is 1. The van der Waals surface area contributed by atoms with Crippen LogP contribution < -0.4 is 10.5 Å². The molecule has 0 aliphatic heterocycles. The lowest BCUT2D eigenvalue weighted by molar-refractivity contribution is -0.140. The van der Waals surface area contributed by atoms with E-state index in [2.05, 4.69) is 0 Å². The first kappa shape index (κ1) is 15.8. The maximum Gasteiger partial charge on any atom is 0.229 e. The number of hydrogen-bond donors (Lipinski definition) is 1. The van der Waals surface area contributed by atoms with Crippen LogP contribution in [0, 0.1) is 12.3 Å². The van der Waals surface area contributed by atoms with Crippen molar-refractivity contribution < 1.29 is 9.53 Å². The third-order valence-electron chi connectivity index (χ3n) is 4.58. The van der Waals surface area contributed by atoms with E-state index in [9.17, 15) is 4.79 Å². The number of nitrogens with zero attached hydrogens (tertiary/aromatic N) is 1. The van der Waals surface area contributed by atoms with Crippen molar-refractivity contribution in [2.45, 2.75) is 39.2 Å². The smallest absolute Gasteiger partial charge is 0.229 e. The minimum atomic E-state index is -0.404. The third kappa shape index (κ3) is 3.56. The van der Waals surface area contributed by atoms with E-state index in [0.29, 0.717) is 13.2 Å². The summed E-state index contributed by atoms with van der Waals surface area (Å²) < 4.78 is 5.68. The second-order valence-electron chi connectivity index (χ2n) is 6.30.